The highest BCUT2D eigenvalue weighted by molar-refractivity contribution is 7.92. The molecule has 0 unspecified atom stereocenters. The Morgan fingerprint density at radius 2 is 1.56 bits per heavy atom. The van der Waals surface area contributed by atoms with E-state index >= 15 is 0 Å². The molecule has 0 saturated heterocycles. The molecule has 3 aromatic rings. The number of sulfonamides is 1. The molecule has 0 fully saturated rings. The lowest BCUT2D eigenvalue weighted by atomic mass is 10.2. The Hall–Kier alpha value is -3.18. The maximum absolute atomic E-state index is 14.4. The summed E-state index contributed by atoms with van der Waals surface area (Å²) >= 11 is 5.50. The lowest BCUT2D eigenvalue weighted by molar-refractivity contribution is -0.137. The van der Waals surface area contributed by atoms with Crippen molar-refractivity contribution in [1.29, 1.82) is 0 Å². The number of hydrogen-bond acceptors (Lipinski definition) is 3. The van der Waals surface area contributed by atoms with Crippen LogP contribution in [-0.4, -0.2) is 14.3 Å². The second kappa shape index (κ2) is 8.75. The Labute approximate surface area is 183 Å². The number of hydrogen-bond donors (Lipinski definition) is 2. The standard InChI is InChI=1S/C20H12ClF5N2O3S/c21-16-7-5-13(9-15(16)20(24,25)26)28-32(30,31)14-6-8-18(17(23)10-14)27-19(29)11-1-3-12(22)4-2-11/h1-10,28H,(H,27,29). The molecular formula is C20H12ClF5N2O3S. The van der Waals surface area contributed by atoms with Crippen LogP contribution in [0.3, 0.4) is 0 Å². The van der Waals surface area contributed by atoms with Gasteiger partial charge >= 0.3 is 6.18 Å². The Kier molecular flexibility index (Phi) is 6.42. The lowest BCUT2D eigenvalue weighted by Crippen LogP contribution is -2.16. The zero-order chi connectivity index (χ0) is 23.7. The minimum atomic E-state index is -4.81. The van der Waals surface area contributed by atoms with Gasteiger partial charge in [-0.05, 0) is 60.7 Å². The van der Waals surface area contributed by atoms with Crippen molar-refractivity contribution in [1.82, 2.24) is 0 Å². The number of alkyl halides is 3. The van der Waals surface area contributed by atoms with Crippen LogP contribution in [0.15, 0.2) is 65.6 Å². The summed E-state index contributed by atoms with van der Waals surface area (Å²) in [6.07, 6.45) is -4.81. The number of rotatable bonds is 5. The molecule has 0 aliphatic carbocycles. The number of anilines is 2. The summed E-state index contributed by atoms with van der Waals surface area (Å²) in [7, 11) is -4.47. The summed E-state index contributed by atoms with van der Waals surface area (Å²) in [5, 5.41) is 1.60. The van der Waals surface area contributed by atoms with Gasteiger partial charge in [0.2, 0.25) is 0 Å². The number of benzene rings is 3. The molecule has 0 heterocycles. The van der Waals surface area contributed by atoms with Gasteiger partial charge in [0, 0.05) is 11.3 Å². The van der Waals surface area contributed by atoms with E-state index in [0.717, 1.165) is 36.4 Å². The van der Waals surface area contributed by atoms with Crippen molar-refractivity contribution in [2.45, 2.75) is 11.1 Å². The first-order valence-electron chi connectivity index (χ1n) is 8.63. The first-order chi connectivity index (χ1) is 14.9. The predicted octanol–water partition coefficient (Wildman–Crippen LogP) is 5.69. The second-order valence-corrected chi connectivity index (χ2v) is 8.49. The first kappa shape index (κ1) is 23.5. The third-order valence-electron chi connectivity index (χ3n) is 4.13. The maximum Gasteiger partial charge on any atom is 0.417 e. The van der Waals surface area contributed by atoms with E-state index in [1.807, 2.05) is 4.72 Å². The molecule has 0 bridgehead atoms. The second-order valence-electron chi connectivity index (χ2n) is 6.40. The number of amides is 1. The zero-order valence-electron chi connectivity index (χ0n) is 15.7. The van der Waals surface area contributed by atoms with Gasteiger partial charge < -0.3 is 5.32 Å². The highest BCUT2D eigenvalue weighted by atomic mass is 35.5. The van der Waals surface area contributed by atoms with Crippen LogP contribution in [0.4, 0.5) is 33.3 Å². The fourth-order valence-electron chi connectivity index (χ4n) is 2.58. The fraction of sp³-hybridized carbons (Fsp3) is 0.0500. The summed E-state index contributed by atoms with van der Waals surface area (Å²) in [5.41, 5.74) is -2.00. The molecule has 3 rings (SSSR count). The monoisotopic (exact) mass is 490 g/mol. The van der Waals surface area contributed by atoms with Gasteiger partial charge in [-0.25, -0.2) is 17.2 Å². The van der Waals surface area contributed by atoms with Gasteiger partial charge in [-0.3, -0.25) is 9.52 Å². The van der Waals surface area contributed by atoms with Crippen molar-refractivity contribution in [3.05, 3.63) is 88.4 Å². The Morgan fingerprint density at radius 1 is 0.906 bits per heavy atom. The van der Waals surface area contributed by atoms with E-state index in [1.165, 1.54) is 12.1 Å². The van der Waals surface area contributed by atoms with Crippen LogP contribution in [0.2, 0.25) is 5.02 Å². The van der Waals surface area contributed by atoms with Crippen LogP contribution < -0.4 is 10.0 Å². The molecule has 12 heteroatoms. The smallest absolute Gasteiger partial charge is 0.319 e. The molecule has 0 atom stereocenters. The molecule has 32 heavy (non-hydrogen) atoms. The van der Waals surface area contributed by atoms with E-state index < -0.39 is 54.9 Å². The SMILES string of the molecule is O=C(Nc1ccc(S(=O)(=O)Nc2ccc(Cl)c(C(F)(F)F)c2)cc1F)c1ccc(F)cc1. The topological polar surface area (TPSA) is 75.3 Å². The van der Waals surface area contributed by atoms with Crippen LogP contribution in [0, 0.1) is 11.6 Å². The van der Waals surface area contributed by atoms with Crippen LogP contribution in [0.1, 0.15) is 15.9 Å². The van der Waals surface area contributed by atoms with Gasteiger partial charge in [-0.15, -0.1) is 0 Å². The van der Waals surface area contributed by atoms with E-state index in [4.69, 9.17) is 11.6 Å². The number of carbonyl (C=O) groups excluding carboxylic acids is 1. The van der Waals surface area contributed by atoms with Crippen molar-refractivity contribution in [2.24, 2.45) is 0 Å². The van der Waals surface area contributed by atoms with Crippen molar-refractivity contribution >= 4 is 38.9 Å². The molecule has 0 spiro atoms. The maximum atomic E-state index is 14.4. The van der Waals surface area contributed by atoms with Crippen LogP contribution in [-0.2, 0) is 16.2 Å². The minimum absolute atomic E-state index is 0.0346. The van der Waals surface area contributed by atoms with Gasteiger partial charge in [-0.2, -0.15) is 13.2 Å². The summed E-state index contributed by atoms with van der Waals surface area (Å²) in [6.45, 7) is 0. The molecule has 5 nitrogen and oxygen atoms in total. The molecule has 2 N–H and O–H groups in total. The zero-order valence-corrected chi connectivity index (χ0v) is 17.2. The summed E-state index contributed by atoms with van der Waals surface area (Å²) < 4.78 is 93.1. The van der Waals surface area contributed by atoms with Gasteiger partial charge in [0.25, 0.3) is 15.9 Å². The molecule has 3 aromatic carbocycles. The highest BCUT2D eigenvalue weighted by Crippen LogP contribution is 2.36. The highest BCUT2D eigenvalue weighted by Gasteiger charge is 2.33. The van der Waals surface area contributed by atoms with Gasteiger partial charge in [0.05, 0.1) is 21.2 Å². The molecule has 0 radical (unpaired) electrons. The third kappa shape index (κ3) is 5.35. The Bertz CT molecular complexity index is 1280. The van der Waals surface area contributed by atoms with E-state index in [9.17, 15) is 35.2 Å². The van der Waals surface area contributed by atoms with E-state index in [0.29, 0.717) is 12.1 Å². The molecule has 0 aliphatic heterocycles. The molecule has 0 aliphatic rings. The average Bonchev–Trinajstić information content (AvgIpc) is 2.70. The number of carbonyl (C=O) groups is 1. The van der Waals surface area contributed by atoms with E-state index in [1.54, 1.807) is 0 Å². The van der Waals surface area contributed by atoms with Gasteiger partial charge in [0.1, 0.15) is 11.6 Å². The third-order valence-corrected chi connectivity index (χ3v) is 5.84. The normalized spacial score (nSPS) is 11.8. The minimum Gasteiger partial charge on any atom is -0.319 e. The van der Waals surface area contributed by atoms with Crippen molar-refractivity contribution in [3.8, 4) is 0 Å². The lowest BCUT2D eigenvalue weighted by Gasteiger charge is -2.13. The van der Waals surface area contributed by atoms with Crippen molar-refractivity contribution in [3.63, 3.8) is 0 Å². The van der Waals surface area contributed by atoms with E-state index in [-0.39, 0.29) is 11.3 Å². The largest absolute Gasteiger partial charge is 0.417 e. The molecule has 168 valence electrons. The number of nitrogens with one attached hydrogen (secondary N) is 2. The first-order valence-corrected chi connectivity index (χ1v) is 10.5. The summed E-state index contributed by atoms with van der Waals surface area (Å²) in [5.74, 6) is -2.45. The number of halogens is 6. The van der Waals surface area contributed by atoms with Gasteiger partial charge in [-0.1, -0.05) is 11.6 Å². The average molecular weight is 491 g/mol. The van der Waals surface area contributed by atoms with Crippen LogP contribution in [0.5, 0.6) is 0 Å². The van der Waals surface area contributed by atoms with Crippen molar-refractivity contribution in [2.75, 3.05) is 10.0 Å². The predicted molar refractivity (Wildman–Crippen MR) is 108 cm³/mol. The molecular weight excluding hydrogens is 479 g/mol. The Balaban J connectivity index is 1.82. The summed E-state index contributed by atoms with van der Waals surface area (Å²) in [4.78, 5) is 11.5. The van der Waals surface area contributed by atoms with Crippen molar-refractivity contribution < 1.29 is 35.2 Å². The Morgan fingerprint density at radius 3 is 2.16 bits per heavy atom. The van der Waals surface area contributed by atoms with Crippen LogP contribution in [0.25, 0.3) is 0 Å². The van der Waals surface area contributed by atoms with E-state index in [2.05, 4.69) is 5.32 Å². The molecule has 1 amide bonds. The quantitative estimate of drug-likeness (QED) is 0.451. The summed E-state index contributed by atoms with van der Waals surface area (Å²) in [6, 6.07) is 9.32. The molecule has 0 saturated carbocycles. The van der Waals surface area contributed by atoms with Gasteiger partial charge in [0.15, 0.2) is 0 Å². The fourth-order valence-corrected chi connectivity index (χ4v) is 3.87. The van der Waals surface area contributed by atoms with Crippen LogP contribution >= 0.6 is 11.6 Å². The molecule has 0 aromatic heterocycles.